The SMILES string of the molecule is CC1(C)OC(CCC(=O)Sc2ccccc2)C(C)(C)O1. The van der Waals surface area contributed by atoms with Crippen LogP contribution in [-0.4, -0.2) is 22.6 Å². The van der Waals surface area contributed by atoms with Crippen LogP contribution in [0.25, 0.3) is 0 Å². The van der Waals surface area contributed by atoms with Gasteiger partial charge in [0.25, 0.3) is 0 Å². The first kappa shape index (κ1) is 15.5. The molecule has 1 atom stereocenters. The van der Waals surface area contributed by atoms with Crippen molar-refractivity contribution < 1.29 is 14.3 Å². The number of hydrogen-bond acceptors (Lipinski definition) is 4. The van der Waals surface area contributed by atoms with Gasteiger partial charge in [0.05, 0.1) is 11.7 Å². The molecule has 110 valence electrons. The monoisotopic (exact) mass is 294 g/mol. The Labute approximate surface area is 125 Å². The number of hydrogen-bond donors (Lipinski definition) is 0. The van der Waals surface area contributed by atoms with Crippen LogP contribution in [0.2, 0.25) is 0 Å². The van der Waals surface area contributed by atoms with E-state index in [-0.39, 0.29) is 16.8 Å². The molecule has 1 aromatic rings. The summed E-state index contributed by atoms with van der Waals surface area (Å²) in [7, 11) is 0. The van der Waals surface area contributed by atoms with E-state index in [2.05, 4.69) is 0 Å². The van der Waals surface area contributed by atoms with Gasteiger partial charge in [-0.05, 0) is 46.2 Å². The Kier molecular flexibility index (Phi) is 4.57. The van der Waals surface area contributed by atoms with E-state index >= 15 is 0 Å². The van der Waals surface area contributed by atoms with E-state index in [1.54, 1.807) is 0 Å². The lowest BCUT2D eigenvalue weighted by atomic mass is 9.98. The van der Waals surface area contributed by atoms with E-state index in [9.17, 15) is 4.79 Å². The van der Waals surface area contributed by atoms with Crippen LogP contribution in [0.3, 0.4) is 0 Å². The Hall–Kier alpha value is -0.840. The van der Waals surface area contributed by atoms with Crippen molar-refractivity contribution in [3.05, 3.63) is 30.3 Å². The van der Waals surface area contributed by atoms with E-state index in [0.717, 1.165) is 4.90 Å². The molecule has 0 aromatic heterocycles. The molecule has 0 amide bonds. The van der Waals surface area contributed by atoms with E-state index in [1.165, 1.54) is 11.8 Å². The van der Waals surface area contributed by atoms with Gasteiger partial charge >= 0.3 is 0 Å². The zero-order chi connectivity index (χ0) is 14.8. The fourth-order valence-corrected chi connectivity index (χ4v) is 3.31. The molecule has 0 aliphatic carbocycles. The summed E-state index contributed by atoms with van der Waals surface area (Å²) in [5.74, 6) is -0.566. The highest BCUT2D eigenvalue weighted by molar-refractivity contribution is 8.13. The quantitative estimate of drug-likeness (QED) is 0.786. The smallest absolute Gasteiger partial charge is 0.193 e. The number of benzene rings is 1. The maximum atomic E-state index is 12.0. The normalized spacial score (nSPS) is 23.7. The van der Waals surface area contributed by atoms with Gasteiger partial charge in [0.1, 0.15) is 0 Å². The van der Waals surface area contributed by atoms with Crippen molar-refractivity contribution in [1.82, 2.24) is 0 Å². The standard InChI is InChI=1S/C16H22O3S/c1-15(2)13(18-16(3,4)19-15)10-11-14(17)20-12-8-6-5-7-9-12/h5-9,13H,10-11H2,1-4H3. The van der Waals surface area contributed by atoms with Crippen LogP contribution >= 0.6 is 11.8 Å². The van der Waals surface area contributed by atoms with Gasteiger partial charge in [-0.3, -0.25) is 4.79 Å². The molecule has 20 heavy (non-hydrogen) atoms. The molecule has 0 saturated carbocycles. The zero-order valence-corrected chi connectivity index (χ0v) is 13.3. The van der Waals surface area contributed by atoms with Crippen molar-refractivity contribution in [3.63, 3.8) is 0 Å². The number of rotatable bonds is 4. The Morgan fingerprint density at radius 2 is 1.85 bits per heavy atom. The molecule has 0 bridgehead atoms. The lowest BCUT2D eigenvalue weighted by Crippen LogP contribution is -2.33. The van der Waals surface area contributed by atoms with Crippen LogP contribution in [0.4, 0.5) is 0 Å². The second-order valence-corrected chi connectivity index (χ2v) is 7.17. The van der Waals surface area contributed by atoms with Crippen LogP contribution in [0.1, 0.15) is 40.5 Å². The molecule has 1 aliphatic heterocycles. The van der Waals surface area contributed by atoms with Crippen molar-refractivity contribution >= 4 is 16.9 Å². The van der Waals surface area contributed by atoms with Gasteiger partial charge in [-0.1, -0.05) is 30.0 Å². The molecular formula is C16H22O3S. The van der Waals surface area contributed by atoms with Crippen molar-refractivity contribution in [2.24, 2.45) is 0 Å². The average Bonchev–Trinajstić information content (AvgIpc) is 2.55. The summed E-state index contributed by atoms with van der Waals surface area (Å²) in [6.07, 6.45) is 1.14. The first-order valence-electron chi connectivity index (χ1n) is 6.92. The molecule has 2 rings (SSSR count). The van der Waals surface area contributed by atoms with Gasteiger partial charge in [0, 0.05) is 11.3 Å². The maximum absolute atomic E-state index is 12.0. The summed E-state index contributed by atoms with van der Waals surface area (Å²) < 4.78 is 11.7. The number of carbonyl (C=O) groups excluding carboxylic acids is 1. The van der Waals surface area contributed by atoms with E-state index in [1.807, 2.05) is 58.0 Å². The van der Waals surface area contributed by atoms with Gasteiger partial charge < -0.3 is 9.47 Å². The number of carbonyl (C=O) groups is 1. The lowest BCUT2D eigenvalue weighted by molar-refractivity contribution is -0.157. The van der Waals surface area contributed by atoms with E-state index < -0.39 is 5.79 Å². The van der Waals surface area contributed by atoms with Gasteiger partial charge in [0.2, 0.25) is 0 Å². The molecule has 3 nitrogen and oxygen atoms in total. The highest BCUT2D eigenvalue weighted by atomic mass is 32.2. The fourth-order valence-electron chi connectivity index (χ4n) is 2.53. The highest BCUT2D eigenvalue weighted by Crippen LogP contribution is 2.38. The zero-order valence-electron chi connectivity index (χ0n) is 12.5. The summed E-state index contributed by atoms with van der Waals surface area (Å²) in [6, 6.07) is 9.72. The molecule has 1 aromatic carbocycles. The Morgan fingerprint density at radius 3 is 2.40 bits per heavy atom. The Bertz CT molecular complexity index is 468. The summed E-state index contributed by atoms with van der Waals surface area (Å²) in [5.41, 5.74) is -0.346. The minimum absolute atomic E-state index is 0.0437. The van der Waals surface area contributed by atoms with Gasteiger partial charge in [0.15, 0.2) is 10.9 Å². The van der Waals surface area contributed by atoms with Crippen LogP contribution in [0, 0.1) is 0 Å². The minimum atomic E-state index is -0.566. The minimum Gasteiger partial charge on any atom is -0.344 e. The molecule has 1 saturated heterocycles. The molecular weight excluding hydrogens is 272 g/mol. The number of ether oxygens (including phenoxy) is 2. The van der Waals surface area contributed by atoms with Gasteiger partial charge in [-0.25, -0.2) is 0 Å². The molecule has 0 radical (unpaired) electrons. The second-order valence-electron chi connectivity index (χ2n) is 6.04. The molecule has 1 fully saturated rings. The van der Waals surface area contributed by atoms with Crippen LogP contribution < -0.4 is 0 Å². The highest BCUT2D eigenvalue weighted by Gasteiger charge is 2.46. The summed E-state index contributed by atoms with van der Waals surface area (Å²) in [6.45, 7) is 7.85. The molecule has 0 spiro atoms. The van der Waals surface area contributed by atoms with Crippen LogP contribution in [0.5, 0.6) is 0 Å². The van der Waals surface area contributed by atoms with Crippen molar-refractivity contribution in [2.75, 3.05) is 0 Å². The first-order chi connectivity index (χ1) is 9.28. The molecule has 1 aliphatic rings. The average molecular weight is 294 g/mol. The van der Waals surface area contributed by atoms with Crippen LogP contribution in [0.15, 0.2) is 35.2 Å². The largest absolute Gasteiger partial charge is 0.344 e. The third-order valence-corrected chi connectivity index (χ3v) is 4.24. The predicted molar refractivity (Wildman–Crippen MR) is 80.7 cm³/mol. The van der Waals surface area contributed by atoms with Crippen molar-refractivity contribution in [3.8, 4) is 0 Å². The van der Waals surface area contributed by atoms with Crippen molar-refractivity contribution in [1.29, 1.82) is 0 Å². The maximum Gasteiger partial charge on any atom is 0.193 e. The third kappa shape index (κ3) is 4.08. The molecule has 1 unspecified atom stereocenters. The fraction of sp³-hybridized carbons (Fsp3) is 0.562. The van der Waals surface area contributed by atoms with E-state index in [0.29, 0.717) is 12.8 Å². The summed E-state index contributed by atoms with van der Waals surface area (Å²) in [5, 5.41) is 0.167. The third-order valence-electron chi connectivity index (χ3n) is 3.30. The first-order valence-corrected chi connectivity index (χ1v) is 7.74. The lowest BCUT2D eigenvalue weighted by Gasteiger charge is -2.23. The molecule has 0 N–H and O–H groups in total. The van der Waals surface area contributed by atoms with Crippen molar-refractivity contribution in [2.45, 2.75) is 62.9 Å². The Morgan fingerprint density at radius 1 is 1.20 bits per heavy atom. The topological polar surface area (TPSA) is 35.5 Å². The molecule has 4 heteroatoms. The Balaban J connectivity index is 1.85. The van der Waals surface area contributed by atoms with Crippen LogP contribution in [-0.2, 0) is 14.3 Å². The van der Waals surface area contributed by atoms with E-state index in [4.69, 9.17) is 9.47 Å². The van der Waals surface area contributed by atoms with Gasteiger partial charge in [-0.2, -0.15) is 0 Å². The summed E-state index contributed by atoms with van der Waals surface area (Å²) >= 11 is 1.29. The second kappa shape index (κ2) is 5.88. The van der Waals surface area contributed by atoms with Gasteiger partial charge in [-0.15, -0.1) is 0 Å². The summed E-state index contributed by atoms with van der Waals surface area (Å²) in [4.78, 5) is 13.0. The molecule has 1 heterocycles. The number of thioether (sulfide) groups is 1. The predicted octanol–water partition coefficient (Wildman–Crippen LogP) is 4.02.